The molecule has 1 aliphatic rings. The van der Waals surface area contributed by atoms with Crippen molar-refractivity contribution < 1.29 is 9.15 Å². The zero-order chi connectivity index (χ0) is 12.5. The summed E-state index contributed by atoms with van der Waals surface area (Å²) in [6.07, 6.45) is 3.03. The van der Waals surface area contributed by atoms with Gasteiger partial charge in [-0.25, -0.2) is 4.98 Å². The Hall–Kier alpha value is -1.59. The van der Waals surface area contributed by atoms with Crippen LogP contribution in [0.4, 0.5) is 0 Å². The van der Waals surface area contributed by atoms with Crippen LogP contribution in [0.15, 0.2) is 22.7 Å². The predicted molar refractivity (Wildman–Crippen MR) is 67.2 cm³/mol. The van der Waals surface area contributed by atoms with E-state index in [4.69, 9.17) is 9.15 Å². The standard InChI is InChI=1S/C13H17N3O2/c1-8-3-4-12(18-8)11-7-15-13(16-11)10-5-9(17-2)6-14-10/h3-4,7,9-10,14H,5-6H2,1-2H3,(H,15,16). The van der Waals surface area contributed by atoms with Crippen LogP contribution in [0.25, 0.3) is 11.5 Å². The Bertz CT molecular complexity index is 532. The minimum atomic E-state index is 0.236. The van der Waals surface area contributed by atoms with Gasteiger partial charge in [0.05, 0.1) is 18.3 Å². The molecule has 1 saturated heterocycles. The first kappa shape index (κ1) is 11.5. The molecule has 0 spiro atoms. The maximum atomic E-state index is 5.57. The van der Waals surface area contributed by atoms with E-state index in [1.165, 1.54) is 0 Å². The van der Waals surface area contributed by atoms with E-state index in [1.807, 2.05) is 25.3 Å². The minimum absolute atomic E-state index is 0.236. The average molecular weight is 247 g/mol. The van der Waals surface area contributed by atoms with Crippen molar-refractivity contribution >= 4 is 0 Å². The summed E-state index contributed by atoms with van der Waals surface area (Å²) in [6.45, 7) is 2.81. The number of furan rings is 1. The Balaban J connectivity index is 1.78. The zero-order valence-electron chi connectivity index (χ0n) is 10.6. The fourth-order valence-corrected chi connectivity index (χ4v) is 2.31. The van der Waals surface area contributed by atoms with Crippen LogP contribution in [0.1, 0.15) is 24.0 Å². The molecule has 3 rings (SSSR count). The van der Waals surface area contributed by atoms with Crippen molar-refractivity contribution in [1.82, 2.24) is 15.3 Å². The molecule has 0 aliphatic carbocycles. The molecule has 2 unspecified atom stereocenters. The van der Waals surface area contributed by atoms with E-state index in [0.717, 1.165) is 36.0 Å². The lowest BCUT2D eigenvalue weighted by molar-refractivity contribution is 0.117. The van der Waals surface area contributed by atoms with Crippen LogP contribution in [0.3, 0.4) is 0 Å². The molecule has 1 aliphatic heterocycles. The number of nitrogens with zero attached hydrogens (tertiary/aromatic N) is 1. The highest BCUT2D eigenvalue weighted by molar-refractivity contribution is 5.51. The molecule has 0 bridgehead atoms. The Morgan fingerprint density at radius 3 is 3.00 bits per heavy atom. The quantitative estimate of drug-likeness (QED) is 0.871. The van der Waals surface area contributed by atoms with Gasteiger partial charge in [-0.05, 0) is 25.5 Å². The van der Waals surface area contributed by atoms with Gasteiger partial charge in [-0.1, -0.05) is 0 Å². The second kappa shape index (κ2) is 4.59. The third-order valence-corrected chi connectivity index (χ3v) is 3.36. The summed E-state index contributed by atoms with van der Waals surface area (Å²) in [7, 11) is 1.74. The van der Waals surface area contributed by atoms with Gasteiger partial charge >= 0.3 is 0 Å². The van der Waals surface area contributed by atoms with Gasteiger partial charge in [0.25, 0.3) is 0 Å². The van der Waals surface area contributed by atoms with Crippen LogP contribution in [-0.2, 0) is 4.74 Å². The molecule has 18 heavy (non-hydrogen) atoms. The maximum absolute atomic E-state index is 5.57. The van der Waals surface area contributed by atoms with Crippen molar-refractivity contribution in [1.29, 1.82) is 0 Å². The summed E-state index contributed by atoms with van der Waals surface area (Å²) in [4.78, 5) is 7.73. The highest BCUT2D eigenvalue weighted by Gasteiger charge is 2.27. The first-order valence-electron chi connectivity index (χ1n) is 6.14. The van der Waals surface area contributed by atoms with Crippen molar-refractivity contribution in [2.24, 2.45) is 0 Å². The number of aryl methyl sites for hydroxylation is 1. The van der Waals surface area contributed by atoms with E-state index in [1.54, 1.807) is 7.11 Å². The Labute approximate surface area is 106 Å². The second-order valence-electron chi connectivity index (χ2n) is 4.65. The third-order valence-electron chi connectivity index (χ3n) is 3.36. The molecule has 0 amide bonds. The average Bonchev–Trinajstić information content (AvgIpc) is 3.07. The number of aromatic nitrogens is 2. The molecule has 2 N–H and O–H groups in total. The number of hydrogen-bond acceptors (Lipinski definition) is 4. The summed E-state index contributed by atoms with van der Waals surface area (Å²) in [5.41, 5.74) is 0.917. The number of nitrogens with one attached hydrogen (secondary N) is 2. The Morgan fingerprint density at radius 1 is 1.44 bits per heavy atom. The second-order valence-corrected chi connectivity index (χ2v) is 4.65. The van der Waals surface area contributed by atoms with E-state index in [0.29, 0.717) is 0 Å². The molecule has 0 aromatic carbocycles. The van der Waals surface area contributed by atoms with E-state index in [-0.39, 0.29) is 12.1 Å². The number of hydrogen-bond donors (Lipinski definition) is 2. The molecule has 5 heteroatoms. The van der Waals surface area contributed by atoms with Gasteiger partial charge in [0.2, 0.25) is 0 Å². The summed E-state index contributed by atoms with van der Waals surface area (Å²) in [6, 6.07) is 4.14. The van der Waals surface area contributed by atoms with Gasteiger partial charge in [-0.15, -0.1) is 0 Å². The third kappa shape index (κ3) is 2.07. The number of aromatic amines is 1. The molecule has 0 radical (unpaired) electrons. The van der Waals surface area contributed by atoms with E-state index >= 15 is 0 Å². The normalized spacial score (nSPS) is 23.7. The van der Waals surface area contributed by atoms with Crippen LogP contribution < -0.4 is 5.32 Å². The first-order chi connectivity index (χ1) is 8.76. The maximum Gasteiger partial charge on any atom is 0.152 e. The number of H-pyrrole nitrogens is 1. The van der Waals surface area contributed by atoms with Crippen molar-refractivity contribution in [3.8, 4) is 11.5 Å². The first-order valence-corrected chi connectivity index (χ1v) is 6.14. The van der Waals surface area contributed by atoms with E-state index < -0.39 is 0 Å². The molecule has 0 saturated carbocycles. The van der Waals surface area contributed by atoms with E-state index in [2.05, 4.69) is 15.3 Å². The molecular weight excluding hydrogens is 230 g/mol. The van der Waals surface area contributed by atoms with Gasteiger partial charge in [0.15, 0.2) is 5.76 Å². The summed E-state index contributed by atoms with van der Waals surface area (Å²) >= 11 is 0. The molecule has 2 aromatic rings. The minimum Gasteiger partial charge on any atom is -0.460 e. The van der Waals surface area contributed by atoms with Crippen LogP contribution in [-0.4, -0.2) is 29.7 Å². The fourth-order valence-electron chi connectivity index (χ4n) is 2.31. The lowest BCUT2D eigenvalue weighted by Crippen LogP contribution is -2.16. The van der Waals surface area contributed by atoms with Crippen molar-refractivity contribution in [3.05, 3.63) is 29.9 Å². The van der Waals surface area contributed by atoms with Gasteiger partial charge < -0.3 is 19.5 Å². The molecule has 2 atom stereocenters. The van der Waals surface area contributed by atoms with Crippen LogP contribution >= 0.6 is 0 Å². The molecule has 3 heterocycles. The number of ether oxygens (including phenoxy) is 1. The molecular formula is C13H17N3O2. The molecule has 96 valence electrons. The van der Waals surface area contributed by atoms with Gasteiger partial charge in [0.1, 0.15) is 17.3 Å². The SMILES string of the molecule is COC1CNC(c2ncc(-c3ccc(C)o3)[nH]2)C1. The molecule has 1 fully saturated rings. The van der Waals surface area contributed by atoms with Crippen molar-refractivity contribution in [2.45, 2.75) is 25.5 Å². The zero-order valence-corrected chi connectivity index (χ0v) is 10.6. The fraction of sp³-hybridized carbons (Fsp3) is 0.462. The van der Waals surface area contributed by atoms with E-state index in [9.17, 15) is 0 Å². The monoisotopic (exact) mass is 247 g/mol. The smallest absolute Gasteiger partial charge is 0.152 e. The number of rotatable bonds is 3. The molecule has 2 aromatic heterocycles. The summed E-state index contributed by atoms with van der Waals surface area (Å²) in [5, 5.41) is 3.39. The highest BCUT2D eigenvalue weighted by atomic mass is 16.5. The van der Waals surface area contributed by atoms with Crippen LogP contribution in [0.2, 0.25) is 0 Å². The number of methoxy groups -OCH3 is 1. The van der Waals surface area contributed by atoms with Gasteiger partial charge in [-0.2, -0.15) is 0 Å². The summed E-state index contributed by atoms with van der Waals surface area (Å²) in [5.74, 6) is 2.67. The highest BCUT2D eigenvalue weighted by Crippen LogP contribution is 2.26. The Morgan fingerprint density at radius 2 is 2.33 bits per heavy atom. The van der Waals surface area contributed by atoms with Crippen molar-refractivity contribution in [2.75, 3.05) is 13.7 Å². The van der Waals surface area contributed by atoms with Crippen molar-refractivity contribution in [3.63, 3.8) is 0 Å². The van der Waals surface area contributed by atoms with Gasteiger partial charge in [0, 0.05) is 13.7 Å². The number of imidazole rings is 1. The lowest BCUT2D eigenvalue weighted by Gasteiger charge is -2.06. The molecule has 5 nitrogen and oxygen atoms in total. The van der Waals surface area contributed by atoms with Gasteiger partial charge in [-0.3, -0.25) is 0 Å². The Kier molecular flexibility index (Phi) is 2.93. The van der Waals surface area contributed by atoms with Crippen LogP contribution in [0, 0.1) is 6.92 Å². The lowest BCUT2D eigenvalue weighted by atomic mass is 10.2. The van der Waals surface area contributed by atoms with Crippen LogP contribution in [0.5, 0.6) is 0 Å². The topological polar surface area (TPSA) is 63.1 Å². The largest absolute Gasteiger partial charge is 0.460 e. The summed E-state index contributed by atoms with van der Waals surface area (Å²) < 4.78 is 10.9. The predicted octanol–water partition coefficient (Wildman–Crippen LogP) is 2.03.